The standard InChI is InChI=1S/C35H58O9/c1-29(2)22(43-28-25(40)24(39)20(38)16-42-28)9-11-35-17-34(35)13-12-31(5)27(33(7)10-8-23(44-33)30(3,4)41)19(37)15-32(31,6)21(34)14-18(36)26(29)35/h18-28,36-41H,8-17H2,1-7H3/t18-,19-,20+,21-,22?,23-,24-,25+,26-,27-,28-,31+,32-,33+,34-,35?/m0/s1. The molecule has 2 spiro atoms. The van der Waals surface area contributed by atoms with E-state index in [4.69, 9.17) is 14.2 Å². The second kappa shape index (κ2) is 9.63. The molecule has 5 saturated carbocycles. The van der Waals surface area contributed by atoms with Gasteiger partial charge >= 0.3 is 0 Å². The molecule has 0 bridgehead atoms. The molecular formula is C35H58O9. The van der Waals surface area contributed by atoms with Gasteiger partial charge in [0.05, 0.1) is 42.2 Å². The third-order valence-electron chi connectivity index (χ3n) is 15.5. The van der Waals surface area contributed by atoms with Crippen molar-refractivity contribution < 1.29 is 44.8 Å². The van der Waals surface area contributed by atoms with Crippen LogP contribution in [0, 0.1) is 44.8 Å². The summed E-state index contributed by atoms with van der Waals surface area (Å²) in [6.07, 6.45) is 1.57. The zero-order chi connectivity index (χ0) is 32.0. The van der Waals surface area contributed by atoms with Crippen molar-refractivity contribution in [1.82, 2.24) is 0 Å². The van der Waals surface area contributed by atoms with Crippen molar-refractivity contribution in [3.8, 4) is 0 Å². The van der Waals surface area contributed by atoms with Gasteiger partial charge < -0.3 is 44.8 Å². The first-order valence-corrected chi connectivity index (χ1v) is 17.4. The zero-order valence-corrected chi connectivity index (χ0v) is 27.8. The van der Waals surface area contributed by atoms with E-state index in [9.17, 15) is 30.6 Å². The summed E-state index contributed by atoms with van der Waals surface area (Å²) >= 11 is 0. The summed E-state index contributed by atoms with van der Waals surface area (Å²) in [6.45, 7) is 14.8. The van der Waals surface area contributed by atoms with Gasteiger partial charge in [-0.25, -0.2) is 0 Å². The molecule has 2 aliphatic heterocycles. The van der Waals surface area contributed by atoms with Crippen LogP contribution in [0.1, 0.15) is 106 Å². The summed E-state index contributed by atoms with van der Waals surface area (Å²) in [7, 11) is 0. The van der Waals surface area contributed by atoms with Gasteiger partial charge in [-0.2, -0.15) is 0 Å². The maximum absolute atomic E-state index is 12.1. The molecule has 7 fully saturated rings. The molecule has 9 nitrogen and oxygen atoms in total. The molecule has 2 heterocycles. The molecule has 9 heteroatoms. The lowest BCUT2D eigenvalue weighted by atomic mass is 9.41. The Balaban J connectivity index is 1.15. The summed E-state index contributed by atoms with van der Waals surface area (Å²) in [5, 5.41) is 65.5. The van der Waals surface area contributed by atoms with E-state index in [1.54, 1.807) is 0 Å². The molecule has 0 radical (unpaired) electrons. The van der Waals surface area contributed by atoms with Gasteiger partial charge in [0.1, 0.15) is 18.3 Å². The molecule has 0 amide bonds. The van der Waals surface area contributed by atoms with Crippen LogP contribution in [0.2, 0.25) is 0 Å². The molecule has 0 aromatic carbocycles. The smallest absolute Gasteiger partial charge is 0.186 e. The molecule has 0 aromatic rings. The average Bonchev–Trinajstić information content (AvgIpc) is 3.27. The van der Waals surface area contributed by atoms with E-state index in [-0.39, 0.29) is 52.3 Å². The van der Waals surface area contributed by atoms with Gasteiger partial charge in [-0.1, -0.05) is 27.7 Å². The number of aliphatic hydroxyl groups is 6. The van der Waals surface area contributed by atoms with E-state index in [1.807, 2.05) is 13.8 Å². The molecular weight excluding hydrogens is 564 g/mol. The van der Waals surface area contributed by atoms with Crippen molar-refractivity contribution in [1.29, 1.82) is 0 Å². The van der Waals surface area contributed by atoms with Crippen LogP contribution in [0.25, 0.3) is 0 Å². The fourth-order valence-electron chi connectivity index (χ4n) is 13.4. The quantitative estimate of drug-likeness (QED) is 0.260. The number of rotatable bonds is 4. The number of fused-ring (bicyclic) bond motifs is 2. The van der Waals surface area contributed by atoms with E-state index < -0.39 is 53.4 Å². The lowest BCUT2D eigenvalue weighted by Crippen LogP contribution is -2.63. The van der Waals surface area contributed by atoms with Crippen LogP contribution in [-0.4, -0.2) is 97.5 Å². The fraction of sp³-hybridized carbons (Fsp3) is 1.00. The monoisotopic (exact) mass is 622 g/mol. The summed E-state index contributed by atoms with van der Waals surface area (Å²) in [6, 6.07) is 0. The van der Waals surface area contributed by atoms with Crippen LogP contribution >= 0.6 is 0 Å². The number of hydrogen-bond donors (Lipinski definition) is 6. The van der Waals surface area contributed by atoms with Crippen LogP contribution in [0.5, 0.6) is 0 Å². The lowest BCUT2D eigenvalue weighted by molar-refractivity contribution is -0.306. The predicted molar refractivity (Wildman–Crippen MR) is 161 cm³/mol. The van der Waals surface area contributed by atoms with Gasteiger partial charge in [0.25, 0.3) is 0 Å². The lowest BCUT2D eigenvalue weighted by Gasteiger charge is -2.64. The van der Waals surface area contributed by atoms with Gasteiger partial charge in [0.15, 0.2) is 6.29 Å². The molecule has 44 heavy (non-hydrogen) atoms. The summed E-state index contributed by atoms with van der Waals surface area (Å²) in [5.74, 6) is 0.285. The molecule has 0 aromatic heterocycles. The van der Waals surface area contributed by atoms with Crippen LogP contribution in [0.15, 0.2) is 0 Å². The number of aliphatic hydroxyl groups excluding tert-OH is 5. The van der Waals surface area contributed by atoms with E-state index in [0.717, 1.165) is 44.9 Å². The Hall–Kier alpha value is -0.360. The largest absolute Gasteiger partial charge is 0.393 e. The maximum Gasteiger partial charge on any atom is 0.186 e. The van der Waals surface area contributed by atoms with Gasteiger partial charge in [-0.15, -0.1) is 0 Å². The van der Waals surface area contributed by atoms with Crippen LogP contribution < -0.4 is 0 Å². The minimum absolute atomic E-state index is 0.00753. The molecule has 5 aliphatic carbocycles. The molecule has 7 aliphatic rings. The first kappa shape index (κ1) is 32.2. The third kappa shape index (κ3) is 3.97. The Labute approximate surface area is 262 Å². The zero-order valence-electron chi connectivity index (χ0n) is 27.8. The van der Waals surface area contributed by atoms with Gasteiger partial charge in [-0.3, -0.25) is 0 Å². The Morgan fingerprint density at radius 1 is 0.750 bits per heavy atom. The van der Waals surface area contributed by atoms with Crippen molar-refractivity contribution in [2.24, 2.45) is 44.8 Å². The van der Waals surface area contributed by atoms with Crippen molar-refractivity contribution in [3.63, 3.8) is 0 Å². The highest BCUT2D eigenvalue weighted by Gasteiger charge is 2.85. The molecule has 252 valence electrons. The highest BCUT2D eigenvalue weighted by atomic mass is 16.7. The number of ether oxygens (including phenoxy) is 3. The average molecular weight is 623 g/mol. The van der Waals surface area contributed by atoms with Gasteiger partial charge in [0, 0.05) is 5.92 Å². The van der Waals surface area contributed by atoms with Gasteiger partial charge in [0.2, 0.25) is 0 Å². The molecule has 7 rings (SSSR count). The minimum atomic E-state index is -1.33. The molecule has 2 unspecified atom stereocenters. The van der Waals surface area contributed by atoms with E-state index in [1.165, 1.54) is 0 Å². The van der Waals surface area contributed by atoms with Crippen LogP contribution in [0.3, 0.4) is 0 Å². The van der Waals surface area contributed by atoms with Crippen molar-refractivity contribution >= 4 is 0 Å². The normalized spacial score (nSPS) is 59.8. The topological polar surface area (TPSA) is 149 Å². The molecule has 2 saturated heterocycles. The van der Waals surface area contributed by atoms with Crippen molar-refractivity contribution in [3.05, 3.63) is 0 Å². The summed E-state index contributed by atoms with van der Waals surface area (Å²) in [4.78, 5) is 0. The first-order valence-electron chi connectivity index (χ1n) is 17.4. The Kier molecular flexibility index (Phi) is 7.04. The molecule has 6 N–H and O–H groups in total. The van der Waals surface area contributed by atoms with E-state index in [2.05, 4.69) is 34.6 Å². The second-order valence-electron chi connectivity index (χ2n) is 18.3. The first-order chi connectivity index (χ1) is 20.3. The Bertz CT molecular complexity index is 1160. The third-order valence-corrected chi connectivity index (χ3v) is 15.5. The van der Waals surface area contributed by atoms with E-state index in [0.29, 0.717) is 18.8 Å². The Morgan fingerprint density at radius 2 is 1.45 bits per heavy atom. The fourth-order valence-corrected chi connectivity index (χ4v) is 13.4. The highest BCUT2D eigenvalue weighted by Crippen LogP contribution is 2.89. The van der Waals surface area contributed by atoms with Crippen LogP contribution in [0.4, 0.5) is 0 Å². The van der Waals surface area contributed by atoms with Gasteiger partial charge in [-0.05, 0) is 117 Å². The van der Waals surface area contributed by atoms with Crippen molar-refractivity contribution in [2.75, 3.05) is 6.61 Å². The van der Waals surface area contributed by atoms with Crippen LogP contribution in [-0.2, 0) is 14.2 Å². The minimum Gasteiger partial charge on any atom is -0.393 e. The van der Waals surface area contributed by atoms with Crippen molar-refractivity contribution in [2.45, 2.75) is 166 Å². The number of hydrogen-bond acceptors (Lipinski definition) is 9. The predicted octanol–water partition coefficient (Wildman–Crippen LogP) is 2.90. The summed E-state index contributed by atoms with van der Waals surface area (Å²) < 4.78 is 18.7. The molecule has 16 atom stereocenters. The SMILES string of the molecule is CC(C)(O)[C@@H]1CC[C@](C)([C@H]2[C@@H](O)C[C@@]3(C)[C@@H]4C[C@H](O)[C@H]5C(C)(C)C(O[C@@H]6OC[C@@H](O)[C@H](O)[C@H]6O)CCC56C[C@@]46CC[C@]23C)O1. The highest BCUT2D eigenvalue weighted by molar-refractivity contribution is 5.33. The maximum atomic E-state index is 12.1. The summed E-state index contributed by atoms with van der Waals surface area (Å²) in [5.41, 5.74) is -2.01. The second-order valence-corrected chi connectivity index (χ2v) is 18.3. The van der Waals surface area contributed by atoms with E-state index >= 15 is 0 Å². The Morgan fingerprint density at radius 3 is 2.11 bits per heavy atom.